The van der Waals surface area contributed by atoms with Gasteiger partial charge in [-0.05, 0) is 36.4 Å². The summed E-state index contributed by atoms with van der Waals surface area (Å²) in [5.41, 5.74) is 6.37. The Morgan fingerprint density at radius 2 is 2.05 bits per heavy atom. The molecular weight excluding hydrogens is 305 g/mol. The molecule has 8 heteroatoms. The summed E-state index contributed by atoms with van der Waals surface area (Å²) in [6.07, 6.45) is 0.534. The highest BCUT2D eigenvalue weighted by molar-refractivity contribution is 7.99. The molecule has 2 rings (SSSR count). The molecule has 0 aliphatic rings. The van der Waals surface area contributed by atoms with Gasteiger partial charge >= 0.3 is 0 Å². The molecule has 1 atom stereocenters. The Hall–Kier alpha value is -2.09. The number of carbonyl (C=O) groups is 1. The first-order chi connectivity index (χ1) is 10.6. The fourth-order valence-corrected chi connectivity index (χ4v) is 2.77. The second kappa shape index (κ2) is 7.26. The van der Waals surface area contributed by atoms with Gasteiger partial charge < -0.3 is 11.1 Å². The quantitative estimate of drug-likeness (QED) is 0.798. The third-order valence-corrected chi connectivity index (χ3v) is 3.90. The Morgan fingerprint density at radius 3 is 2.64 bits per heavy atom. The number of hydrogen-bond acceptors (Lipinski definition) is 5. The van der Waals surface area contributed by atoms with Crippen molar-refractivity contribution >= 4 is 29.3 Å². The molecule has 22 heavy (non-hydrogen) atoms. The standard InChI is InChI=1S/C14H18FN5OS/c1-3-11(20-13(16)18-19-14(20)22-4-2)12(21)17-10-7-5-9(15)6-8-10/h5-8,11H,3-4H2,1-2H3,(H2,16,18)(H,17,21). The average Bonchev–Trinajstić information content (AvgIpc) is 2.85. The van der Waals surface area contributed by atoms with E-state index in [1.165, 1.54) is 36.0 Å². The van der Waals surface area contributed by atoms with Gasteiger partial charge in [0.15, 0.2) is 5.16 Å². The molecule has 1 aromatic heterocycles. The fraction of sp³-hybridized carbons (Fsp3) is 0.357. The Bertz CT molecular complexity index is 643. The van der Waals surface area contributed by atoms with Gasteiger partial charge in [-0.25, -0.2) is 4.39 Å². The topological polar surface area (TPSA) is 85.8 Å². The lowest BCUT2D eigenvalue weighted by molar-refractivity contribution is -0.119. The molecule has 1 amide bonds. The number of halogens is 1. The van der Waals surface area contributed by atoms with Crippen LogP contribution in [0.1, 0.15) is 26.3 Å². The third kappa shape index (κ3) is 3.56. The molecular formula is C14H18FN5OS. The maximum atomic E-state index is 12.9. The molecule has 0 radical (unpaired) electrons. The number of hydrogen-bond donors (Lipinski definition) is 2. The van der Waals surface area contributed by atoms with E-state index in [0.29, 0.717) is 17.3 Å². The van der Waals surface area contributed by atoms with Crippen molar-refractivity contribution in [1.82, 2.24) is 14.8 Å². The predicted molar refractivity (Wildman–Crippen MR) is 85.2 cm³/mol. The van der Waals surface area contributed by atoms with Crippen LogP contribution in [0.3, 0.4) is 0 Å². The summed E-state index contributed by atoms with van der Waals surface area (Å²) < 4.78 is 14.5. The molecule has 6 nitrogen and oxygen atoms in total. The van der Waals surface area contributed by atoms with Crippen molar-refractivity contribution in [3.05, 3.63) is 30.1 Å². The molecule has 0 bridgehead atoms. The van der Waals surface area contributed by atoms with E-state index < -0.39 is 6.04 Å². The molecule has 3 N–H and O–H groups in total. The second-order valence-electron chi connectivity index (χ2n) is 4.56. The van der Waals surface area contributed by atoms with Crippen LogP contribution in [0.5, 0.6) is 0 Å². The number of nitrogen functional groups attached to an aromatic ring is 1. The maximum absolute atomic E-state index is 12.9. The van der Waals surface area contributed by atoms with E-state index in [-0.39, 0.29) is 17.7 Å². The highest BCUT2D eigenvalue weighted by atomic mass is 32.2. The van der Waals surface area contributed by atoms with Crippen LogP contribution in [-0.4, -0.2) is 26.4 Å². The summed E-state index contributed by atoms with van der Waals surface area (Å²) in [5.74, 6) is 0.416. The van der Waals surface area contributed by atoms with Crippen molar-refractivity contribution in [2.75, 3.05) is 16.8 Å². The second-order valence-corrected chi connectivity index (χ2v) is 5.80. The smallest absolute Gasteiger partial charge is 0.247 e. The summed E-state index contributed by atoms with van der Waals surface area (Å²) in [4.78, 5) is 12.5. The number of nitrogens with zero attached hydrogens (tertiary/aromatic N) is 3. The Morgan fingerprint density at radius 1 is 1.36 bits per heavy atom. The van der Waals surface area contributed by atoms with Crippen LogP contribution in [0.2, 0.25) is 0 Å². The van der Waals surface area contributed by atoms with Crippen molar-refractivity contribution in [3.63, 3.8) is 0 Å². The first-order valence-corrected chi connectivity index (χ1v) is 7.95. The zero-order chi connectivity index (χ0) is 16.1. The van der Waals surface area contributed by atoms with E-state index in [2.05, 4.69) is 15.5 Å². The first kappa shape index (κ1) is 16.3. The highest BCUT2D eigenvalue weighted by Gasteiger charge is 2.24. The molecule has 0 spiro atoms. The first-order valence-electron chi connectivity index (χ1n) is 6.96. The Kier molecular flexibility index (Phi) is 5.37. The monoisotopic (exact) mass is 323 g/mol. The normalized spacial score (nSPS) is 12.1. The molecule has 0 aliphatic carbocycles. The van der Waals surface area contributed by atoms with Gasteiger partial charge in [0.1, 0.15) is 11.9 Å². The van der Waals surface area contributed by atoms with Crippen LogP contribution in [0.15, 0.2) is 29.4 Å². The Labute approximate surface area is 132 Å². The predicted octanol–water partition coefficient (Wildman–Crippen LogP) is 2.70. The van der Waals surface area contributed by atoms with Crippen LogP contribution in [0, 0.1) is 5.82 Å². The van der Waals surface area contributed by atoms with Gasteiger partial charge in [0.05, 0.1) is 0 Å². The van der Waals surface area contributed by atoms with Crippen molar-refractivity contribution < 1.29 is 9.18 Å². The number of aromatic nitrogens is 3. The molecule has 1 heterocycles. The van der Waals surface area contributed by atoms with Crippen molar-refractivity contribution in [2.45, 2.75) is 31.5 Å². The number of rotatable bonds is 6. The number of nitrogens with one attached hydrogen (secondary N) is 1. The van der Waals surface area contributed by atoms with Crippen molar-refractivity contribution in [2.24, 2.45) is 0 Å². The molecule has 1 aromatic carbocycles. The van der Waals surface area contributed by atoms with Crippen molar-refractivity contribution in [3.8, 4) is 0 Å². The van der Waals surface area contributed by atoms with Gasteiger partial charge in [-0.2, -0.15) is 0 Å². The fourth-order valence-electron chi connectivity index (χ4n) is 2.05. The SMILES string of the molecule is CCSc1nnc(N)n1C(CC)C(=O)Nc1ccc(F)cc1. The maximum Gasteiger partial charge on any atom is 0.247 e. The van der Waals surface area contributed by atoms with E-state index >= 15 is 0 Å². The number of carbonyl (C=O) groups excluding carboxylic acids is 1. The van der Waals surface area contributed by atoms with Crippen LogP contribution < -0.4 is 11.1 Å². The number of anilines is 2. The largest absolute Gasteiger partial charge is 0.368 e. The molecule has 0 saturated carbocycles. The average molecular weight is 323 g/mol. The molecule has 1 unspecified atom stereocenters. The van der Waals surface area contributed by atoms with E-state index in [1.807, 2.05) is 13.8 Å². The number of nitrogens with two attached hydrogens (primary N) is 1. The van der Waals surface area contributed by atoms with Gasteiger partial charge in [-0.1, -0.05) is 25.6 Å². The van der Waals surface area contributed by atoms with E-state index in [1.54, 1.807) is 4.57 Å². The van der Waals surface area contributed by atoms with Gasteiger partial charge in [0.25, 0.3) is 0 Å². The number of benzene rings is 1. The lowest BCUT2D eigenvalue weighted by Crippen LogP contribution is -2.27. The summed E-state index contributed by atoms with van der Waals surface area (Å²) in [6, 6.07) is 5.09. The highest BCUT2D eigenvalue weighted by Crippen LogP contribution is 2.25. The minimum atomic E-state index is -0.519. The third-order valence-electron chi connectivity index (χ3n) is 3.08. The lowest BCUT2D eigenvalue weighted by atomic mass is 10.2. The van der Waals surface area contributed by atoms with Gasteiger partial charge in [-0.3, -0.25) is 9.36 Å². The zero-order valence-corrected chi connectivity index (χ0v) is 13.2. The molecule has 2 aromatic rings. The van der Waals surface area contributed by atoms with Crippen molar-refractivity contribution in [1.29, 1.82) is 0 Å². The summed E-state index contributed by atoms with van der Waals surface area (Å²) in [7, 11) is 0. The van der Waals surface area contributed by atoms with Crippen LogP contribution >= 0.6 is 11.8 Å². The minimum Gasteiger partial charge on any atom is -0.368 e. The van der Waals surface area contributed by atoms with Gasteiger partial charge in [-0.15, -0.1) is 10.2 Å². The molecule has 0 fully saturated rings. The van der Waals surface area contributed by atoms with E-state index in [9.17, 15) is 9.18 Å². The zero-order valence-electron chi connectivity index (χ0n) is 12.4. The lowest BCUT2D eigenvalue weighted by Gasteiger charge is -2.18. The van der Waals surface area contributed by atoms with Crippen LogP contribution in [-0.2, 0) is 4.79 Å². The summed E-state index contributed by atoms with van der Waals surface area (Å²) in [5, 5.41) is 11.2. The summed E-state index contributed by atoms with van der Waals surface area (Å²) >= 11 is 1.47. The molecule has 0 saturated heterocycles. The van der Waals surface area contributed by atoms with Crippen LogP contribution in [0.4, 0.5) is 16.0 Å². The van der Waals surface area contributed by atoms with Crippen LogP contribution in [0.25, 0.3) is 0 Å². The van der Waals surface area contributed by atoms with E-state index in [4.69, 9.17) is 5.73 Å². The molecule has 118 valence electrons. The van der Waals surface area contributed by atoms with E-state index in [0.717, 1.165) is 5.75 Å². The molecule has 0 aliphatic heterocycles. The number of thioether (sulfide) groups is 1. The van der Waals surface area contributed by atoms with Gasteiger partial charge in [0, 0.05) is 5.69 Å². The van der Waals surface area contributed by atoms with Gasteiger partial charge in [0.2, 0.25) is 11.9 Å². The minimum absolute atomic E-state index is 0.206. The summed E-state index contributed by atoms with van der Waals surface area (Å²) in [6.45, 7) is 3.87. The number of amides is 1. The Balaban J connectivity index is 2.22.